The predicted octanol–water partition coefficient (Wildman–Crippen LogP) is 8.41. The van der Waals surface area contributed by atoms with E-state index >= 15 is 0 Å². The van der Waals surface area contributed by atoms with Gasteiger partial charge in [0.15, 0.2) is 9.84 Å². The zero-order valence-corrected chi connectivity index (χ0v) is 29.0. The van der Waals surface area contributed by atoms with Gasteiger partial charge in [-0.1, -0.05) is 103 Å². The minimum Gasteiger partial charge on any atom is -0.457 e. The number of ether oxygens (including phenoxy) is 3. The molecule has 0 aliphatic rings. The van der Waals surface area contributed by atoms with Crippen molar-refractivity contribution in [2.75, 3.05) is 37.9 Å². The number of sulfone groups is 1. The molecule has 44 heavy (non-hydrogen) atoms. The van der Waals surface area contributed by atoms with E-state index in [1.165, 1.54) is 89.9 Å². The predicted molar refractivity (Wildman–Crippen MR) is 181 cm³/mol. The van der Waals surface area contributed by atoms with Crippen LogP contribution in [0, 0.1) is 0 Å². The fourth-order valence-electron chi connectivity index (χ4n) is 5.13. The molecular formula is C34H59N3O5S2. The lowest BCUT2D eigenvalue weighted by Crippen LogP contribution is -2.33. The highest BCUT2D eigenvalue weighted by Gasteiger charge is 2.22. The maximum absolute atomic E-state index is 12.8. The second-order valence-electron chi connectivity index (χ2n) is 11.8. The molecule has 0 fully saturated rings. The zero-order chi connectivity index (χ0) is 31.4. The first-order valence-corrected chi connectivity index (χ1v) is 20.0. The number of thiazole rings is 1. The van der Waals surface area contributed by atoms with Crippen molar-refractivity contribution in [3.05, 3.63) is 35.0 Å². The standard InChI is InChI=1S/C34H59N3O5S2/c1-2-3-4-5-6-7-8-9-10-11-12-13-14-15-16-17-25-41-30-32(42-34-36-22-19-23-37-34)31-44(38,39)29-20-27-40-26-18-21-33-35-24-28-43-33/h19,22-24,28,32H,2-18,20-21,25-27,29-31H2,1H3. The van der Waals surface area contributed by atoms with E-state index < -0.39 is 15.9 Å². The normalized spacial score (nSPS) is 12.5. The van der Waals surface area contributed by atoms with Gasteiger partial charge in [-0.3, -0.25) is 0 Å². The van der Waals surface area contributed by atoms with Crippen molar-refractivity contribution in [2.45, 2.75) is 135 Å². The molecule has 1 unspecified atom stereocenters. The summed E-state index contributed by atoms with van der Waals surface area (Å²) in [7, 11) is -3.35. The van der Waals surface area contributed by atoms with Crippen LogP contribution in [0.25, 0.3) is 0 Å². The van der Waals surface area contributed by atoms with Gasteiger partial charge in [0.2, 0.25) is 0 Å². The van der Waals surface area contributed by atoms with Crippen LogP contribution in [-0.2, 0) is 25.7 Å². The Kier molecular flexibility index (Phi) is 23.3. The van der Waals surface area contributed by atoms with E-state index in [4.69, 9.17) is 14.2 Å². The number of hydrogen-bond donors (Lipinski definition) is 0. The summed E-state index contributed by atoms with van der Waals surface area (Å²) in [5, 5.41) is 3.07. The molecule has 0 saturated heterocycles. The lowest BCUT2D eigenvalue weighted by Gasteiger charge is -2.18. The van der Waals surface area contributed by atoms with Gasteiger partial charge in [-0.05, 0) is 25.3 Å². The van der Waals surface area contributed by atoms with Crippen molar-refractivity contribution in [1.29, 1.82) is 0 Å². The molecule has 2 rings (SSSR count). The first-order chi connectivity index (χ1) is 21.6. The first-order valence-electron chi connectivity index (χ1n) is 17.3. The summed E-state index contributed by atoms with van der Waals surface area (Å²) in [5.74, 6) is -0.0810. The van der Waals surface area contributed by atoms with E-state index in [1.54, 1.807) is 36.0 Å². The highest BCUT2D eigenvalue weighted by Crippen LogP contribution is 2.14. The molecule has 1 atom stereocenters. The molecule has 0 aromatic carbocycles. The van der Waals surface area contributed by atoms with Crippen molar-refractivity contribution in [2.24, 2.45) is 0 Å². The number of rotatable bonds is 31. The van der Waals surface area contributed by atoms with Crippen molar-refractivity contribution >= 4 is 21.2 Å². The second kappa shape index (κ2) is 26.6. The van der Waals surface area contributed by atoms with Crippen molar-refractivity contribution in [3.8, 4) is 6.01 Å². The average Bonchev–Trinajstić information content (AvgIpc) is 3.54. The number of nitrogens with zero attached hydrogens (tertiary/aromatic N) is 3. The lowest BCUT2D eigenvalue weighted by atomic mass is 10.0. The van der Waals surface area contributed by atoms with Gasteiger partial charge in [-0.15, -0.1) is 11.3 Å². The first kappa shape index (κ1) is 38.6. The number of hydrogen-bond acceptors (Lipinski definition) is 9. The molecule has 10 heteroatoms. The molecule has 0 amide bonds. The average molecular weight is 654 g/mol. The van der Waals surface area contributed by atoms with Crippen LogP contribution in [0.5, 0.6) is 6.01 Å². The van der Waals surface area contributed by atoms with Gasteiger partial charge in [0, 0.05) is 50.2 Å². The van der Waals surface area contributed by atoms with Crippen LogP contribution < -0.4 is 4.74 Å². The fraction of sp³-hybridized carbons (Fsp3) is 0.794. The van der Waals surface area contributed by atoms with Crippen molar-refractivity contribution in [1.82, 2.24) is 15.0 Å². The molecule has 0 N–H and O–H groups in total. The molecule has 0 bridgehead atoms. The van der Waals surface area contributed by atoms with Crippen LogP contribution in [0.2, 0.25) is 0 Å². The Balaban J connectivity index is 1.50. The number of unbranched alkanes of at least 4 members (excludes halogenated alkanes) is 15. The van der Waals surface area contributed by atoms with Gasteiger partial charge < -0.3 is 14.2 Å². The van der Waals surface area contributed by atoms with Gasteiger partial charge in [-0.2, -0.15) is 0 Å². The SMILES string of the molecule is CCCCCCCCCCCCCCCCCCOCC(CS(=O)(=O)CCCOCCCc1nccs1)Oc1ncccn1. The highest BCUT2D eigenvalue weighted by molar-refractivity contribution is 7.91. The van der Waals surface area contributed by atoms with E-state index in [-0.39, 0.29) is 24.1 Å². The minimum atomic E-state index is -3.35. The molecule has 0 radical (unpaired) electrons. The Morgan fingerprint density at radius 2 is 1.25 bits per heavy atom. The van der Waals surface area contributed by atoms with Gasteiger partial charge in [0.25, 0.3) is 0 Å². The van der Waals surface area contributed by atoms with Crippen LogP contribution in [-0.4, -0.2) is 67.4 Å². The van der Waals surface area contributed by atoms with E-state index in [2.05, 4.69) is 21.9 Å². The van der Waals surface area contributed by atoms with Crippen LogP contribution in [0.1, 0.15) is 128 Å². The van der Waals surface area contributed by atoms with E-state index in [9.17, 15) is 8.42 Å². The van der Waals surface area contributed by atoms with Crippen LogP contribution in [0.4, 0.5) is 0 Å². The molecule has 252 valence electrons. The Labute approximate surface area is 272 Å². The smallest absolute Gasteiger partial charge is 0.316 e. The molecule has 8 nitrogen and oxygen atoms in total. The monoisotopic (exact) mass is 653 g/mol. The lowest BCUT2D eigenvalue weighted by molar-refractivity contribution is 0.0534. The molecule has 0 aliphatic carbocycles. The maximum Gasteiger partial charge on any atom is 0.316 e. The van der Waals surface area contributed by atoms with E-state index in [1.807, 2.05) is 5.38 Å². The number of aromatic nitrogens is 3. The molecule has 0 saturated carbocycles. The fourth-order valence-corrected chi connectivity index (χ4v) is 7.25. The zero-order valence-electron chi connectivity index (χ0n) is 27.3. The molecule has 0 aliphatic heterocycles. The van der Waals surface area contributed by atoms with E-state index in [0.717, 1.165) is 30.7 Å². The van der Waals surface area contributed by atoms with Crippen LogP contribution in [0.15, 0.2) is 30.0 Å². The molecule has 0 spiro atoms. The number of aryl methyl sites for hydroxylation is 1. The van der Waals surface area contributed by atoms with Crippen LogP contribution >= 0.6 is 11.3 Å². The van der Waals surface area contributed by atoms with Crippen molar-refractivity contribution < 1.29 is 22.6 Å². The van der Waals surface area contributed by atoms with E-state index in [0.29, 0.717) is 26.2 Å². The summed E-state index contributed by atoms with van der Waals surface area (Å²) >= 11 is 1.64. The third kappa shape index (κ3) is 22.0. The Morgan fingerprint density at radius 1 is 0.682 bits per heavy atom. The second-order valence-corrected chi connectivity index (χ2v) is 15.0. The summed E-state index contributed by atoms with van der Waals surface area (Å²) in [6, 6.07) is 1.87. The summed E-state index contributed by atoms with van der Waals surface area (Å²) in [5.41, 5.74) is 0. The quantitative estimate of drug-likeness (QED) is 0.0748. The topological polar surface area (TPSA) is 101 Å². The van der Waals surface area contributed by atoms with Crippen molar-refractivity contribution in [3.63, 3.8) is 0 Å². The minimum absolute atomic E-state index is 0.0497. The van der Waals surface area contributed by atoms with Gasteiger partial charge in [0.1, 0.15) is 6.10 Å². The van der Waals surface area contributed by atoms with Gasteiger partial charge in [-0.25, -0.2) is 23.4 Å². The largest absolute Gasteiger partial charge is 0.457 e. The Morgan fingerprint density at radius 3 is 1.84 bits per heavy atom. The summed E-state index contributed by atoms with van der Waals surface area (Å²) in [6.45, 7) is 4.09. The Hall–Kier alpha value is -1.62. The molecule has 2 aromatic heterocycles. The summed E-state index contributed by atoms with van der Waals surface area (Å²) in [4.78, 5) is 12.4. The molecule has 2 heterocycles. The van der Waals surface area contributed by atoms with Gasteiger partial charge >= 0.3 is 6.01 Å². The third-order valence-corrected chi connectivity index (χ3v) is 10.2. The third-order valence-electron chi connectivity index (χ3n) is 7.61. The Bertz CT molecular complexity index is 994. The highest BCUT2D eigenvalue weighted by atomic mass is 32.2. The molecule has 2 aromatic rings. The van der Waals surface area contributed by atoms with Gasteiger partial charge in [0.05, 0.1) is 23.1 Å². The summed E-state index contributed by atoms with van der Waals surface area (Å²) in [6.07, 6.45) is 27.8. The van der Waals surface area contributed by atoms with Crippen LogP contribution in [0.3, 0.4) is 0 Å². The maximum atomic E-state index is 12.8. The summed E-state index contributed by atoms with van der Waals surface area (Å²) < 4.78 is 43.0. The molecular weight excluding hydrogens is 595 g/mol.